The lowest BCUT2D eigenvalue weighted by atomic mass is 10.2. The van der Waals surface area contributed by atoms with Gasteiger partial charge in [0.05, 0.1) is 11.6 Å². The SMILES string of the molecule is N#Cc1ccc(CSC(=S)N2CCCC2)cc1. The zero-order valence-corrected chi connectivity index (χ0v) is 11.2. The average molecular weight is 262 g/mol. The first kappa shape index (κ1) is 12.4. The van der Waals surface area contributed by atoms with Crippen LogP contribution in [0.25, 0.3) is 0 Å². The van der Waals surface area contributed by atoms with Crippen LogP contribution in [-0.4, -0.2) is 22.3 Å². The van der Waals surface area contributed by atoms with E-state index in [9.17, 15) is 0 Å². The summed E-state index contributed by atoms with van der Waals surface area (Å²) in [6, 6.07) is 9.83. The normalized spacial score (nSPS) is 14.6. The molecule has 0 spiro atoms. The van der Waals surface area contributed by atoms with Crippen molar-refractivity contribution in [2.24, 2.45) is 0 Å². The average Bonchev–Trinajstić information content (AvgIpc) is 2.90. The monoisotopic (exact) mass is 262 g/mol. The molecule has 0 aromatic heterocycles. The molecule has 0 N–H and O–H groups in total. The fourth-order valence-corrected chi connectivity index (χ4v) is 3.02. The van der Waals surface area contributed by atoms with Crippen molar-refractivity contribution in [1.29, 1.82) is 5.26 Å². The first-order valence-electron chi connectivity index (χ1n) is 5.70. The fourth-order valence-electron chi connectivity index (χ4n) is 1.81. The van der Waals surface area contributed by atoms with Crippen LogP contribution >= 0.6 is 24.0 Å². The van der Waals surface area contributed by atoms with E-state index in [0.29, 0.717) is 5.56 Å². The number of benzene rings is 1. The Balaban J connectivity index is 1.84. The van der Waals surface area contributed by atoms with Gasteiger partial charge in [0.2, 0.25) is 0 Å². The van der Waals surface area contributed by atoms with Crippen molar-refractivity contribution < 1.29 is 0 Å². The first-order chi connectivity index (χ1) is 8.29. The minimum atomic E-state index is 0.709. The van der Waals surface area contributed by atoms with Crippen LogP contribution in [0.1, 0.15) is 24.0 Å². The van der Waals surface area contributed by atoms with Crippen molar-refractivity contribution in [1.82, 2.24) is 4.90 Å². The molecule has 2 nitrogen and oxygen atoms in total. The molecule has 1 fully saturated rings. The van der Waals surface area contributed by atoms with Gasteiger partial charge in [0.15, 0.2) is 0 Å². The molecule has 1 aliphatic heterocycles. The van der Waals surface area contributed by atoms with Crippen LogP contribution in [0.4, 0.5) is 0 Å². The highest BCUT2D eigenvalue weighted by atomic mass is 32.2. The summed E-state index contributed by atoms with van der Waals surface area (Å²) in [6.45, 7) is 2.22. The molecule has 17 heavy (non-hydrogen) atoms. The second-order valence-corrected chi connectivity index (χ2v) is 5.67. The minimum Gasteiger partial charge on any atom is -0.358 e. The molecule has 1 aromatic rings. The maximum Gasteiger partial charge on any atom is 0.136 e. The van der Waals surface area contributed by atoms with E-state index in [1.54, 1.807) is 11.8 Å². The molecule has 1 aliphatic rings. The van der Waals surface area contributed by atoms with Gasteiger partial charge in [-0.05, 0) is 30.5 Å². The Morgan fingerprint density at radius 2 is 1.94 bits per heavy atom. The lowest BCUT2D eigenvalue weighted by molar-refractivity contribution is 0.539. The van der Waals surface area contributed by atoms with E-state index in [1.165, 1.54) is 18.4 Å². The molecular weight excluding hydrogens is 248 g/mol. The maximum atomic E-state index is 8.71. The fraction of sp³-hybridized carbons (Fsp3) is 0.385. The Morgan fingerprint density at radius 3 is 2.53 bits per heavy atom. The molecule has 0 radical (unpaired) electrons. The zero-order valence-electron chi connectivity index (χ0n) is 9.56. The molecule has 4 heteroatoms. The van der Waals surface area contributed by atoms with Crippen molar-refractivity contribution in [3.05, 3.63) is 35.4 Å². The first-order valence-corrected chi connectivity index (χ1v) is 7.10. The van der Waals surface area contributed by atoms with E-state index < -0.39 is 0 Å². The van der Waals surface area contributed by atoms with Gasteiger partial charge in [-0.1, -0.05) is 36.1 Å². The van der Waals surface area contributed by atoms with Crippen LogP contribution in [0, 0.1) is 11.3 Å². The number of thiocarbonyl (C=S) groups is 1. The lowest BCUT2D eigenvalue weighted by Gasteiger charge is -2.17. The quantitative estimate of drug-likeness (QED) is 0.765. The Hall–Kier alpha value is -1.05. The number of hydrogen-bond donors (Lipinski definition) is 0. The number of hydrogen-bond acceptors (Lipinski definition) is 3. The highest BCUT2D eigenvalue weighted by molar-refractivity contribution is 8.22. The Kier molecular flexibility index (Phi) is 4.41. The van der Waals surface area contributed by atoms with Crippen LogP contribution in [-0.2, 0) is 5.75 Å². The molecule has 1 saturated heterocycles. The predicted octanol–water partition coefficient (Wildman–Crippen LogP) is 3.17. The standard InChI is InChI=1S/C13H14N2S2/c14-9-11-3-5-12(6-4-11)10-17-13(16)15-7-1-2-8-15/h3-6H,1-2,7-8,10H2. The van der Waals surface area contributed by atoms with Crippen molar-refractivity contribution in [2.45, 2.75) is 18.6 Å². The number of rotatable bonds is 2. The molecule has 88 valence electrons. The molecule has 1 aromatic carbocycles. The summed E-state index contributed by atoms with van der Waals surface area (Å²) in [5.74, 6) is 0.890. The van der Waals surface area contributed by atoms with E-state index >= 15 is 0 Å². The van der Waals surface area contributed by atoms with E-state index in [1.807, 2.05) is 24.3 Å². The number of likely N-dealkylation sites (tertiary alicyclic amines) is 1. The third-order valence-electron chi connectivity index (χ3n) is 2.81. The number of nitrogens with zero attached hydrogens (tertiary/aromatic N) is 2. The minimum absolute atomic E-state index is 0.709. The second-order valence-electron chi connectivity index (χ2n) is 4.06. The van der Waals surface area contributed by atoms with Crippen molar-refractivity contribution >= 4 is 28.3 Å². The zero-order chi connectivity index (χ0) is 12.1. The summed E-state index contributed by atoms with van der Waals surface area (Å²) in [4.78, 5) is 2.28. The second kappa shape index (κ2) is 6.04. The molecule has 0 saturated carbocycles. The van der Waals surface area contributed by atoms with Crippen LogP contribution in [0.3, 0.4) is 0 Å². The summed E-state index contributed by atoms with van der Waals surface area (Å²) >= 11 is 7.11. The highest BCUT2D eigenvalue weighted by Gasteiger charge is 2.14. The smallest absolute Gasteiger partial charge is 0.136 e. The molecule has 0 amide bonds. The highest BCUT2D eigenvalue weighted by Crippen LogP contribution is 2.20. The molecule has 0 bridgehead atoms. The summed E-state index contributed by atoms with van der Waals surface area (Å²) in [6.07, 6.45) is 2.52. The maximum absolute atomic E-state index is 8.71. The van der Waals surface area contributed by atoms with E-state index in [-0.39, 0.29) is 0 Å². The van der Waals surface area contributed by atoms with Gasteiger partial charge in [-0.25, -0.2) is 0 Å². The van der Waals surface area contributed by atoms with Gasteiger partial charge in [-0.15, -0.1) is 0 Å². The van der Waals surface area contributed by atoms with Gasteiger partial charge in [-0.2, -0.15) is 5.26 Å². The molecule has 0 aliphatic carbocycles. The van der Waals surface area contributed by atoms with Crippen LogP contribution in [0.15, 0.2) is 24.3 Å². The molecule has 0 unspecified atom stereocenters. The van der Waals surface area contributed by atoms with E-state index in [4.69, 9.17) is 17.5 Å². The van der Waals surface area contributed by atoms with E-state index in [2.05, 4.69) is 11.0 Å². The third-order valence-corrected chi connectivity index (χ3v) is 4.40. The Labute approximate surface area is 112 Å². The summed E-state index contributed by atoms with van der Waals surface area (Å²) in [5.41, 5.74) is 1.93. The topological polar surface area (TPSA) is 27.0 Å². The van der Waals surface area contributed by atoms with Crippen LogP contribution in [0.2, 0.25) is 0 Å². The Bertz CT molecular complexity index is 428. The van der Waals surface area contributed by atoms with Gasteiger partial charge in [0, 0.05) is 18.8 Å². The molecule has 0 atom stereocenters. The predicted molar refractivity (Wildman–Crippen MR) is 75.9 cm³/mol. The molecular formula is C13H14N2S2. The molecule has 2 rings (SSSR count). The lowest BCUT2D eigenvalue weighted by Crippen LogP contribution is -2.23. The Morgan fingerprint density at radius 1 is 1.29 bits per heavy atom. The van der Waals surface area contributed by atoms with E-state index in [0.717, 1.165) is 23.2 Å². The van der Waals surface area contributed by atoms with Crippen LogP contribution < -0.4 is 0 Å². The summed E-state index contributed by atoms with van der Waals surface area (Å²) in [7, 11) is 0. The summed E-state index contributed by atoms with van der Waals surface area (Å²) in [5, 5.41) is 8.71. The molecule has 1 heterocycles. The largest absolute Gasteiger partial charge is 0.358 e. The van der Waals surface area contributed by atoms with Crippen molar-refractivity contribution in [3.8, 4) is 6.07 Å². The van der Waals surface area contributed by atoms with Gasteiger partial charge in [0.1, 0.15) is 4.32 Å². The summed E-state index contributed by atoms with van der Waals surface area (Å²) < 4.78 is 1.01. The number of thioether (sulfide) groups is 1. The third kappa shape index (κ3) is 3.45. The van der Waals surface area contributed by atoms with Gasteiger partial charge in [0.25, 0.3) is 0 Å². The van der Waals surface area contributed by atoms with Crippen molar-refractivity contribution in [3.63, 3.8) is 0 Å². The van der Waals surface area contributed by atoms with Gasteiger partial charge >= 0.3 is 0 Å². The van der Waals surface area contributed by atoms with Crippen molar-refractivity contribution in [2.75, 3.05) is 13.1 Å². The van der Waals surface area contributed by atoms with Gasteiger partial charge in [-0.3, -0.25) is 0 Å². The number of nitriles is 1. The van der Waals surface area contributed by atoms with Crippen LogP contribution in [0.5, 0.6) is 0 Å². The van der Waals surface area contributed by atoms with Gasteiger partial charge < -0.3 is 4.90 Å².